The molecular weight excluding hydrogens is 458 g/mol. The third-order valence-electron chi connectivity index (χ3n) is 6.90. The molecule has 182 valence electrons. The molecule has 34 heavy (non-hydrogen) atoms. The van der Waals surface area contributed by atoms with Gasteiger partial charge in [-0.3, -0.25) is 9.59 Å². The lowest BCUT2D eigenvalue weighted by Gasteiger charge is -2.41. The molecule has 1 aromatic rings. The van der Waals surface area contributed by atoms with Crippen molar-refractivity contribution in [3.8, 4) is 0 Å². The van der Waals surface area contributed by atoms with Crippen LogP contribution in [-0.4, -0.2) is 107 Å². The fraction of sp³-hybridized carbons (Fsp3) is 0.522. The minimum Gasteiger partial charge on any atom is -0.361 e. The van der Waals surface area contributed by atoms with Crippen LogP contribution in [0.25, 0.3) is 0 Å². The van der Waals surface area contributed by atoms with Crippen molar-refractivity contribution < 1.29 is 14.4 Å². The van der Waals surface area contributed by atoms with Crippen molar-refractivity contribution in [2.24, 2.45) is 5.92 Å². The third kappa shape index (κ3) is 4.52. The smallest absolute Gasteiger partial charge is 0.321 e. The average molecular weight is 488 g/mol. The van der Waals surface area contributed by atoms with Crippen LogP contribution >= 0.6 is 11.6 Å². The van der Waals surface area contributed by atoms with Gasteiger partial charge in [-0.2, -0.15) is 0 Å². The van der Waals surface area contributed by atoms with Gasteiger partial charge in [-0.05, 0) is 37.1 Å². The largest absolute Gasteiger partial charge is 0.361 e. The number of carbonyl (C=O) groups excluding carboxylic acids is 3. The van der Waals surface area contributed by atoms with Crippen LogP contribution in [0.1, 0.15) is 12.8 Å². The van der Waals surface area contributed by atoms with E-state index >= 15 is 0 Å². The van der Waals surface area contributed by atoms with Crippen LogP contribution in [0.2, 0.25) is 5.02 Å². The number of carbonyl (C=O) groups is 3. The summed E-state index contributed by atoms with van der Waals surface area (Å²) in [4.78, 5) is 46.4. The van der Waals surface area contributed by atoms with Gasteiger partial charge in [0.25, 0.3) is 5.91 Å². The Morgan fingerprint density at radius 2 is 1.74 bits per heavy atom. The SMILES string of the molecule is CN1C=C2C(=O)N(N3CCN(C(=O)C4CCCN(C(=O)Nc5ccc(Cl)cc5)C4)CC3)CN2C1. The van der Waals surface area contributed by atoms with Crippen molar-refractivity contribution in [3.63, 3.8) is 0 Å². The molecule has 4 aliphatic heterocycles. The fourth-order valence-electron chi connectivity index (χ4n) is 5.08. The van der Waals surface area contributed by atoms with Crippen LogP contribution in [0.5, 0.6) is 0 Å². The van der Waals surface area contributed by atoms with Gasteiger partial charge in [-0.25, -0.2) is 14.8 Å². The van der Waals surface area contributed by atoms with Crippen LogP contribution in [0, 0.1) is 5.92 Å². The van der Waals surface area contributed by atoms with Gasteiger partial charge in [0.05, 0.1) is 12.6 Å². The molecule has 0 bridgehead atoms. The zero-order chi connectivity index (χ0) is 23.8. The van der Waals surface area contributed by atoms with E-state index in [4.69, 9.17) is 11.6 Å². The molecule has 1 N–H and O–H groups in total. The van der Waals surface area contributed by atoms with E-state index in [0.717, 1.165) is 25.2 Å². The Kier molecular flexibility index (Phi) is 6.26. The number of piperidine rings is 1. The molecule has 0 radical (unpaired) electrons. The Morgan fingerprint density at radius 1 is 1.00 bits per heavy atom. The highest BCUT2D eigenvalue weighted by Crippen LogP contribution is 2.27. The first-order valence-electron chi connectivity index (χ1n) is 11.7. The predicted octanol–water partition coefficient (Wildman–Crippen LogP) is 1.49. The topological polar surface area (TPSA) is 82.7 Å². The second kappa shape index (κ2) is 9.34. The van der Waals surface area contributed by atoms with Crippen molar-refractivity contribution in [1.29, 1.82) is 0 Å². The van der Waals surface area contributed by atoms with Gasteiger partial charge < -0.3 is 24.9 Å². The van der Waals surface area contributed by atoms with E-state index < -0.39 is 0 Å². The van der Waals surface area contributed by atoms with Gasteiger partial charge >= 0.3 is 6.03 Å². The maximum Gasteiger partial charge on any atom is 0.321 e. The summed E-state index contributed by atoms with van der Waals surface area (Å²) in [5.41, 5.74) is 1.42. The third-order valence-corrected chi connectivity index (χ3v) is 7.15. The normalized spacial score (nSPS) is 23.4. The molecule has 4 aliphatic rings. The van der Waals surface area contributed by atoms with Crippen LogP contribution in [-0.2, 0) is 9.59 Å². The molecule has 0 aromatic heterocycles. The van der Waals surface area contributed by atoms with E-state index in [1.165, 1.54) is 0 Å². The molecule has 3 saturated heterocycles. The van der Waals surface area contributed by atoms with Crippen molar-refractivity contribution in [1.82, 2.24) is 29.6 Å². The minimum atomic E-state index is -0.198. The van der Waals surface area contributed by atoms with E-state index in [1.807, 2.05) is 23.0 Å². The molecule has 0 spiro atoms. The second-order valence-corrected chi connectivity index (χ2v) is 9.74. The first kappa shape index (κ1) is 22.8. The van der Waals surface area contributed by atoms with Crippen molar-refractivity contribution >= 4 is 35.1 Å². The van der Waals surface area contributed by atoms with E-state index in [1.54, 1.807) is 34.2 Å². The summed E-state index contributed by atoms with van der Waals surface area (Å²) in [6.07, 6.45) is 3.47. The molecule has 0 aliphatic carbocycles. The summed E-state index contributed by atoms with van der Waals surface area (Å²) in [7, 11) is 1.96. The zero-order valence-electron chi connectivity index (χ0n) is 19.3. The number of piperazine rings is 1. The van der Waals surface area contributed by atoms with Gasteiger partial charge in [-0.1, -0.05) is 11.6 Å². The Labute approximate surface area is 204 Å². The average Bonchev–Trinajstić information content (AvgIpc) is 3.37. The summed E-state index contributed by atoms with van der Waals surface area (Å²) in [5.74, 6) is -0.0732. The number of hydrogen-bond acceptors (Lipinski definition) is 6. The number of benzene rings is 1. The van der Waals surface area contributed by atoms with E-state index in [9.17, 15) is 14.4 Å². The summed E-state index contributed by atoms with van der Waals surface area (Å²) in [6, 6.07) is 6.78. The number of urea groups is 1. The maximum atomic E-state index is 13.2. The number of likely N-dealkylation sites (tertiary alicyclic amines) is 1. The summed E-state index contributed by atoms with van der Waals surface area (Å²) < 4.78 is 0. The Balaban J connectivity index is 1.13. The quantitative estimate of drug-likeness (QED) is 0.695. The molecule has 10 nitrogen and oxygen atoms in total. The van der Waals surface area contributed by atoms with Gasteiger partial charge in [0, 0.05) is 63.2 Å². The number of nitrogens with zero attached hydrogens (tertiary/aromatic N) is 6. The summed E-state index contributed by atoms with van der Waals surface area (Å²) in [5, 5.41) is 7.35. The molecule has 1 aromatic carbocycles. The molecule has 4 heterocycles. The standard InChI is InChI=1S/C23H30ClN7O3/c1-26-14-20-22(33)31(16-29(20)15-26)30-11-9-27(10-12-30)21(32)17-3-2-8-28(13-17)23(34)25-19-6-4-18(24)5-7-19/h4-7,14,17H,2-3,8-13,15-16H2,1H3,(H,25,34). The van der Waals surface area contributed by atoms with E-state index in [-0.39, 0.29) is 23.8 Å². The Morgan fingerprint density at radius 3 is 2.44 bits per heavy atom. The van der Waals surface area contributed by atoms with Crippen LogP contribution < -0.4 is 5.32 Å². The van der Waals surface area contributed by atoms with Crippen LogP contribution in [0.4, 0.5) is 10.5 Å². The molecular formula is C23H30ClN7O3. The minimum absolute atomic E-state index is 0.0266. The second-order valence-electron chi connectivity index (χ2n) is 9.30. The molecule has 1 atom stereocenters. The number of nitrogens with one attached hydrogen (secondary N) is 1. The van der Waals surface area contributed by atoms with E-state index in [2.05, 4.69) is 15.2 Å². The number of hydrazine groups is 1. The number of rotatable bonds is 3. The number of amides is 4. The molecule has 5 rings (SSSR count). The van der Waals surface area contributed by atoms with Gasteiger partial charge in [0.2, 0.25) is 5.91 Å². The van der Waals surface area contributed by atoms with Crippen molar-refractivity contribution in [2.45, 2.75) is 12.8 Å². The number of halogens is 1. The molecule has 11 heteroatoms. The van der Waals surface area contributed by atoms with Crippen LogP contribution in [0.15, 0.2) is 36.2 Å². The van der Waals surface area contributed by atoms with Gasteiger partial charge in [0.15, 0.2) is 0 Å². The summed E-state index contributed by atoms with van der Waals surface area (Å²) >= 11 is 5.91. The van der Waals surface area contributed by atoms with E-state index in [0.29, 0.717) is 56.6 Å². The molecule has 4 amide bonds. The number of anilines is 1. The zero-order valence-corrected chi connectivity index (χ0v) is 20.1. The molecule has 1 unspecified atom stereocenters. The van der Waals surface area contributed by atoms with Crippen molar-refractivity contribution in [2.75, 3.05) is 65.0 Å². The van der Waals surface area contributed by atoms with Crippen LogP contribution in [0.3, 0.4) is 0 Å². The summed E-state index contributed by atoms with van der Waals surface area (Å²) in [6.45, 7) is 4.74. The lowest BCUT2D eigenvalue weighted by atomic mass is 9.96. The predicted molar refractivity (Wildman–Crippen MR) is 127 cm³/mol. The molecule has 0 saturated carbocycles. The van der Waals surface area contributed by atoms with Gasteiger partial charge in [0.1, 0.15) is 12.4 Å². The fourth-order valence-corrected chi connectivity index (χ4v) is 5.20. The Hall–Kier alpha value is -2.98. The highest BCUT2D eigenvalue weighted by atomic mass is 35.5. The number of hydrogen-bond donors (Lipinski definition) is 1. The Bertz CT molecular complexity index is 993. The lowest BCUT2D eigenvalue weighted by molar-refractivity contribution is -0.150. The highest BCUT2D eigenvalue weighted by molar-refractivity contribution is 6.30. The van der Waals surface area contributed by atoms with Gasteiger partial charge in [-0.15, -0.1) is 0 Å². The maximum absolute atomic E-state index is 13.2. The monoisotopic (exact) mass is 487 g/mol. The molecule has 3 fully saturated rings. The highest BCUT2D eigenvalue weighted by Gasteiger charge is 2.41. The van der Waals surface area contributed by atoms with Crippen molar-refractivity contribution in [3.05, 3.63) is 41.2 Å². The lowest BCUT2D eigenvalue weighted by Crippen LogP contribution is -2.57. The first-order chi connectivity index (χ1) is 16.4. The number of fused-ring (bicyclic) bond motifs is 1. The first-order valence-corrected chi connectivity index (χ1v) is 12.1.